The summed E-state index contributed by atoms with van der Waals surface area (Å²) >= 11 is 0. The molecule has 0 spiro atoms. The SMILES string of the molecule is O=[N+]([O-])c1ccc(-c2cc(-c3ccccc3)cc(-c3ccc([N+](=O)[O-])cc3)[o+]2)cc1.[Cl][Fe-]([Cl])([Cl])[Cl]. The van der Waals surface area contributed by atoms with Gasteiger partial charge in [-0.05, 0) is 29.8 Å². The average molecular weight is 597 g/mol. The van der Waals surface area contributed by atoms with Crippen LogP contribution >= 0.6 is 40.4 Å². The summed E-state index contributed by atoms with van der Waals surface area (Å²) < 4.78 is 6.07. The van der Waals surface area contributed by atoms with Crippen LogP contribution in [0.25, 0.3) is 33.8 Å². The zero-order chi connectivity index (χ0) is 25.6. The first kappa shape index (κ1) is 26.9. The summed E-state index contributed by atoms with van der Waals surface area (Å²) in [6, 6.07) is 25.7. The molecule has 35 heavy (non-hydrogen) atoms. The van der Waals surface area contributed by atoms with Crippen molar-refractivity contribution < 1.29 is 23.5 Å². The second-order valence-corrected chi connectivity index (χ2v) is 17.8. The van der Waals surface area contributed by atoms with E-state index < -0.39 is 19.0 Å². The van der Waals surface area contributed by atoms with Crippen molar-refractivity contribution in [3.63, 3.8) is 0 Å². The van der Waals surface area contributed by atoms with Crippen LogP contribution in [0.1, 0.15) is 0 Å². The molecule has 3 aromatic carbocycles. The van der Waals surface area contributed by atoms with Gasteiger partial charge in [0.2, 0.25) is 0 Å². The molecule has 0 N–H and O–H groups in total. The summed E-state index contributed by atoms with van der Waals surface area (Å²) in [4.78, 5) is 21.0. The number of halogens is 4. The van der Waals surface area contributed by atoms with E-state index in [2.05, 4.69) is 0 Å². The predicted octanol–water partition coefficient (Wildman–Crippen LogP) is 9.13. The van der Waals surface area contributed by atoms with Crippen LogP contribution in [-0.4, -0.2) is 9.85 Å². The number of hydrogen-bond donors (Lipinski definition) is 0. The first-order valence-corrected chi connectivity index (χ1v) is 15.7. The van der Waals surface area contributed by atoms with Gasteiger partial charge in [0.25, 0.3) is 11.4 Å². The molecule has 0 aliphatic rings. The molecule has 0 atom stereocenters. The van der Waals surface area contributed by atoms with Crippen LogP contribution in [0.15, 0.2) is 95.4 Å². The molecule has 183 valence electrons. The minimum absolute atomic E-state index is 0.00597. The molecule has 0 saturated heterocycles. The standard InChI is InChI=1S/C23H15N2O5.4ClH.Fe/c26-24(27)20-10-6-17(7-11-20)22-14-19(16-4-2-1-3-5-16)15-23(30-22)18-8-12-21(13-9-18)25(28)29;;;;;/h1-15H;4*1H;/q+1;;;;;+3/p-4. The van der Waals surface area contributed by atoms with Gasteiger partial charge in [-0.2, -0.15) is 0 Å². The van der Waals surface area contributed by atoms with E-state index >= 15 is 0 Å². The zero-order valence-corrected chi connectivity index (χ0v) is 21.6. The molecule has 0 radical (unpaired) electrons. The normalized spacial score (nSPS) is 11.2. The van der Waals surface area contributed by atoms with Gasteiger partial charge >= 0.3 is 61.1 Å². The first-order chi connectivity index (χ1) is 16.5. The van der Waals surface area contributed by atoms with Gasteiger partial charge in [0.05, 0.1) is 33.1 Å². The second kappa shape index (κ2) is 11.8. The Morgan fingerprint density at radius 3 is 1.29 bits per heavy atom. The Labute approximate surface area is 219 Å². The Bertz CT molecular complexity index is 1250. The van der Waals surface area contributed by atoms with Crippen LogP contribution in [0, 0.1) is 20.2 Å². The first-order valence-electron chi connectivity index (χ1n) is 9.58. The van der Waals surface area contributed by atoms with Gasteiger partial charge in [0, 0.05) is 29.8 Å². The van der Waals surface area contributed by atoms with Crippen LogP contribution in [0.5, 0.6) is 0 Å². The third kappa shape index (κ3) is 8.18. The predicted molar refractivity (Wildman–Crippen MR) is 136 cm³/mol. The van der Waals surface area contributed by atoms with Gasteiger partial charge in [-0.3, -0.25) is 20.2 Å². The van der Waals surface area contributed by atoms with Crippen LogP contribution in [-0.2, 0) is 9.20 Å². The molecule has 7 nitrogen and oxygen atoms in total. The van der Waals surface area contributed by atoms with Gasteiger partial charge in [-0.25, -0.2) is 4.42 Å². The molecule has 4 aromatic rings. The molecule has 0 bridgehead atoms. The molecular weight excluding hydrogens is 582 g/mol. The number of benzene rings is 3. The van der Waals surface area contributed by atoms with Crippen molar-refractivity contribution in [1.29, 1.82) is 0 Å². The monoisotopic (exact) mass is 595 g/mol. The van der Waals surface area contributed by atoms with E-state index in [1.54, 1.807) is 24.3 Å². The Morgan fingerprint density at radius 1 is 0.571 bits per heavy atom. The summed E-state index contributed by atoms with van der Waals surface area (Å²) in [7, 11) is 17.2. The third-order valence-electron chi connectivity index (χ3n) is 4.63. The summed E-state index contributed by atoms with van der Waals surface area (Å²) in [6.07, 6.45) is 0. The summed E-state index contributed by atoms with van der Waals surface area (Å²) in [5.74, 6) is 1.05. The molecule has 1 aromatic heterocycles. The van der Waals surface area contributed by atoms with Crippen molar-refractivity contribution in [2.45, 2.75) is 0 Å². The minimum atomic E-state index is -2.61. The molecule has 12 heteroatoms. The van der Waals surface area contributed by atoms with Gasteiger partial charge in [0.15, 0.2) is 0 Å². The van der Waals surface area contributed by atoms with E-state index in [0.29, 0.717) is 22.6 Å². The number of nitro benzene ring substituents is 2. The van der Waals surface area contributed by atoms with Crippen molar-refractivity contribution in [1.82, 2.24) is 0 Å². The molecule has 1 heterocycles. The van der Waals surface area contributed by atoms with Crippen molar-refractivity contribution >= 4 is 51.8 Å². The summed E-state index contributed by atoms with van der Waals surface area (Å²) in [6.45, 7) is 0. The Balaban J connectivity index is 0.000000623. The molecule has 0 amide bonds. The van der Waals surface area contributed by atoms with E-state index in [4.69, 9.17) is 44.8 Å². The van der Waals surface area contributed by atoms with Gasteiger partial charge < -0.3 is 0 Å². The van der Waals surface area contributed by atoms with E-state index in [1.807, 2.05) is 42.5 Å². The van der Waals surface area contributed by atoms with Gasteiger partial charge in [0.1, 0.15) is 0 Å². The Kier molecular flexibility index (Phi) is 9.08. The topological polar surface area (TPSA) is 97.6 Å². The van der Waals surface area contributed by atoms with Crippen LogP contribution in [0.4, 0.5) is 11.4 Å². The quantitative estimate of drug-likeness (QED) is 0.0990. The molecule has 4 rings (SSSR count). The fourth-order valence-electron chi connectivity index (χ4n) is 3.08. The number of nitrogens with zero attached hydrogens (tertiary/aromatic N) is 2. The molecule has 0 aliphatic heterocycles. The summed E-state index contributed by atoms with van der Waals surface area (Å²) in [5.41, 5.74) is 3.22. The molecule has 0 fully saturated rings. The van der Waals surface area contributed by atoms with Crippen LogP contribution < -0.4 is 0 Å². The van der Waals surface area contributed by atoms with Crippen molar-refractivity contribution in [2.75, 3.05) is 0 Å². The maximum atomic E-state index is 10.9. The molecule has 0 saturated carbocycles. The zero-order valence-electron chi connectivity index (χ0n) is 17.5. The Hall–Kier alpha value is -2.71. The molecule has 0 aliphatic carbocycles. The van der Waals surface area contributed by atoms with Crippen molar-refractivity contribution in [3.05, 3.63) is 111 Å². The van der Waals surface area contributed by atoms with E-state index in [0.717, 1.165) is 11.1 Å². The fourth-order valence-corrected chi connectivity index (χ4v) is 3.08. The average Bonchev–Trinajstić information content (AvgIpc) is 2.83. The van der Waals surface area contributed by atoms with Crippen LogP contribution in [0.2, 0.25) is 0 Å². The number of nitro groups is 2. The van der Waals surface area contributed by atoms with Gasteiger partial charge in [-0.1, -0.05) is 30.3 Å². The molecular formula is C23H15Cl4FeN2O5. The van der Waals surface area contributed by atoms with E-state index in [-0.39, 0.29) is 11.4 Å². The van der Waals surface area contributed by atoms with Gasteiger partial charge in [-0.15, -0.1) is 0 Å². The molecule has 0 unspecified atom stereocenters. The third-order valence-corrected chi connectivity index (χ3v) is 4.63. The van der Waals surface area contributed by atoms with E-state index in [9.17, 15) is 20.2 Å². The number of non-ortho nitro benzene ring substituents is 2. The number of rotatable bonds is 5. The van der Waals surface area contributed by atoms with Crippen molar-refractivity contribution in [2.24, 2.45) is 0 Å². The second-order valence-electron chi connectivity index (χ2n) is 6.85. The number of hydrogen-bond acceptors (Lipinski definition) is 4. The van der Waals surface area contributed by atoms with E-state index in [1.165, 1.54) is 24.3 Å². The van der Waals surface area contributed by atoms with Crippen LogP contribution in [0.3, 0.4) is 0 Å². The fraction of sp³-hybridized carbons (Fsp3) is 0. The maximum absolute atomic E-state index is 10.9. The van der Waals surface area contributed by atoms with Crippen molar-refractivity contribution in [3.8, 4) is 33.8 Å². The Morgan fingerprint density at radius 2 is 0.943 bits per heavy atom. The summed E-state index contributed by atoms with van der Waals surface area (Å²) in [5, 5.41) is 21.9.